The molecule has 2 rings (SSSR count). The summed E-state index contributed by atoms with van der Waals surface area (Å²) in [6.45, 7) is 1.02. The second kappa shape index (κ2) is 9.71. The number of benzene rings is 2. The Morgan fingerprint density at radius 2 is 1.50 bits per heavy atom. The molecule has 0 unspecified atom stereocenters. The minimum absolute atomic E-state index is 0.0784. The van der Waals surface area contributed by atoms with E-state index in [1.165, 1.54) is 0 Å². The van der Waals surface area contributed by atoms with Crippen molar-refractivity contribution in [1.82, 2.24) is 4.90 Å². The molecule has 0 saturated carbocycles. The summed E-state index contributed by atoms with van der Waals surface area (Å²) in [5.41, 5.74) is 3.08. The zero-order valence-electron chi connectivity index (χ0n) is 13.1. The van der Waals surface area contributed by atoms with E-state index in [2.05, 4.69) is 0 Å². The fraction of sp³-hybridized carbons (Fsp3) is 0.278. The van der Waals surface area contributed by atoms with Crippen molar-refractivity contribution in [3.8, 4) is 11.1 Å². The Hall–Kier alpha value is -2.17. The molecule has 0 fully saturated rings. The number of aliphatic hydroxyl groups excluding tert-OH is 1. The number of aliphatic hydroxyl groups is 1. The fourth-order valence-electron chi connectivity index (χ4n) is 1.82. The minimum atomic E-state index is -0.799. The summed E-state index contributed by atoms with van der Waals surface area (Å²) in [6, 6.07) is 17.6. The summed E-state index contributed by atoms with van der Waals surface area (Å²) in [5.74, 6) is -0.799. The molecule has 0 saturated heterocycles. The van der Waals surface area contributed by atoms with Gasteiger partial charge in [-0.1, -0.05) is 54.6 Å². The van der Waals surface area contributed by atoms with E-state index >= 15 is 0 Å². The van der Waals surface area contributed by atoms with Gasteiger partial charge in [0.1, 0.15) is 0 Å². The number of hydrogen-bond acceptors (Lipinski definition) is 3. The van der Waals surface area contributed by atoms with Crippen molar-refractivity contribution in [2.75, 3.05) is 27.2 Å². The zero-order valence-corrected chi connectivity index (χ0v) is 13.1. The summed E-state index contributed by atoms with van der Waals surface area (Å²) in [7, 11) is 3.85. The van der Waals surface area contributed by atoms with Gasteiger partial charge in [-0.2, -0.15) is 0 Å². The van der Waals surface area contributed by atoms with Crippen molar-refractivity contribution in [3.63, 3.8) is 0 Å². The molecule has 2 N–H and O–H groups in total. The van der Waals surface area contributed by atoms with E-state index in [0.717, 1.165) is 23.2 Å². The number of likely N-dealkylation sites (N-methyl/N-ethyl adjacent to an activating group) is 1. The van der Waals surface area contributed by atoms with Gasteiger partial charge in [-0.05, 0) is 30.8 Å². The highest BCUT2D eigenvalue weighted by Gasteiger charge is 2.01. The van der Waals surface area contributed by atoms with E-state index in [4.69, 9.17) is 10.2 Å². The van der Waals surface area contributed by atoms with E-state index in [0.29, 0.717) is 0 Å². The van der Waals surface area contributed by atoms with Gasteiger partial charge in [0.15, 0.2) is 0 Å². The van der Waals surface area contributed by atoms with Crippen molar-refractivity contribution < 1.29 is 15.0 Å². The van der Waals surface area contributed by atoms with E-state index in [1.54, 1.807) is 0 Å². The van der Waals surface area contributed by atoms with Crippen LogP contribution in [0, 0.1) is 0 Å². The molecule has 2 aromatic rings. The van der Waals surface area contributed by atoms with Gasteiger partial charge in [0.2, 0.25) is 0 Å². The van der Waals surface area contributed by atoms with Crippen molar-refractivity contribution >= 4 is 5.97 Å². The summed E-state index contributed by atoms with van der Waals surface area (Å²) < 4.78 is 0. The first-order valence-corrected chi connectivity index (χ1v) is 7.14. The summed E-state index contributed by atoms with van der Waals surface area (Å²) >= 11 is 0. The Kier molecular flexibility index (Phi) is 7.89. The van der Waals surface area contributed by atoms with Crippen LogP contribution in [0.2, 0.25) is 0 Å². The van der Waals surface area contributed by atoms with Gasteiger partial charge < -0.3 is 15.1 Å². The summed E-state index contributed by atoms with van der Waals surface area (Å²) in [6.07, 6.45) is 0.0784. The van der Waals surface area contributed by atoms with Crippen molar-refractivity contribution in [2.24, 2.45) is 0 Å². The number of aliphatic carboxylic acids is 1. The van der Waals surface area contributed by atoms with E-state index in [9.17, 15) is 4.79 Å². The van der Waals surface area contributed by atoms with Crippen LogP contribution < -0.4 is 0 Å². The highest BCUT2D eigenvalue weighted by atomic mass is 16.4. The molecule has 0 radical (unpaired) electrons. The first kappa shape index (κ1) is 17.9. The Bertz CT molecular complexity index is 550. The van der Waals surface area contributed by atoms with Crippen molar-refractivity contribution in [3.05, 3.63) is 60.2 Å². The Morgan fingerprint density at radius 1 is 0.955 bits per heavy atom. The lowest BCUT2D eigenvalue weighted by atomic mass is 10.0. The maximum atomic E-state index is 10.5. The maximum absolute atomic E-state index is 10.5. The van der Waals surface area contributed by atoms with Crippen molar-refractivity contribution in [2.45, 2.75) is 6.42 Å². The Labute approximate surface area is 131 Å². The third kappa shape index (κ3) is 7.02. The van der Waals surface area contributed by atoms with E-state index < -0.39 is 5.97 Å². The molecule has 0 aromatic heterocycles. The smallest absolute Gasteiger partial charge is 0.307 e. The van der Waals surface area contributed by atoms with Gasteiger partial charge in [0.05, 0.1) is 13.0 Å². The maximum Gasteiger partial charge on any atom is 0.307 e. The van der Waals surface area contributed by atoms with Crippen LogP contribution in [-0.4, -0.2) is 48.3 Å². The Balaban J connectivity index is 0.000000346. The summed E-state index contributed by atoms with van der Waals surface area (Å²) in [5, 5.41) is 16.8. The third-order valence-corrected chi connectivity index (χ3v) is 2.96. The van der Waals surface area contributed by atoms with Crippen LogP contribution in [0.15, 0.2) is 54.6 Å². The van der Waals surface area contributed by atoms with Crippen LogP contribution in [0.1, 0.15) is 5.56 Å². The molecule has 0 atom stereocenters. The van der Waals surface area contributed by atoms with Crippen LogP contribution in [0.25, 0.3) is 11.1 Å². The largest absolute Gasteiger partial charge is 0.481 e. The second-order valence-electron chi connectivity index (χ2n) is 5.16. The predicted octanol–water partition coefficient (Wildman–Crippen LogP) is 2.52. The first-order valence-electron chi connectivity index (χ1n) is 7.14. The highest BCUT2D eigenvalue weighted by molar-refractivity contribution is 5.71. The zero-order chi connectivity index (χ0) is 16.4. The molecule has 0 amide bonds. The third-order valence-electron chi connectivity index (χ3n) is 2.96. The van der Waals surface area contributed by atoms with E-state index in [1.807, 2.05) is 73.6 Å². The average Bonchev–Trinajstić information content (AvgIpc) is 2.49. The van der Waals surface area contributed by atoms with Gasteiger partial charge in [0, 0.05) is 6.54 Å². The topological polar surface area (TPSA) is 60.8 Å². The normalized spacial score (nSPS) is 10.0. The number of rotatable bonds is 5. The molecule has 0 spiro atoms. The van der Waals surface area contributed by atoms with Gasteiger partial charge in [0.25, 0.3) is 0 Å². The van der Waals surface area contributed by atoms with Crippen molar-refractivity contribution in [1.29, 1.82) is 0 Å². The molecule has 0 bridgehead atoms. The SMILES string of the molecule is CN(C)CCO.O=C(O)Cc1ccc(-c2ccccc2)cc1. The van der Waals surface area contributed by atoms with Crippen LogP contribution in [0.5, 0.6) is 0 Å². The molecule has 0 aliphatic heterocycles. The van der Waals surface area contributed by atoms with E-state index in [-0.39, 0.29) is 13.0 Å². The molecular formula is C18H23NO3. The first-order chi connectivity index (χ1) is 10.5. The van der Waals surface area contributed by atoms with Crippen LogP contribution in [0.3, 0.4) is 0 Å². The second-order valence-corrected chi connectivity index (χ2v) is 5.16. The number of carboxylic acid groups (broad SMARTS) is 1. The molecule has 4 heteroatoms. The lowest BCUT2D eigenvalue weighted by molar-refractivity contribution is -0.136. The highest BCUT2D eigenvalue weighted by Crippen LogP contribution is 2.19. The Morgan fingerprint density at radius 3 is 1.91 bits per heavy atom. The molecule has 0 heterocycles. The fourth-order valence-corrected chi connectivity index (χ4v) is 1.82. The number of carboxylic acids is 1. The van der Waals surface area contributed by atoms with Gasteiger partial charge in [-0.25, -0.2) is 0 Å². The van der Waals surface area contributed by atoms with Gasteiger partial charge in [-0.3, -0.25) is 4.79 Å². The van der Waals surface area contributed by atoms with Crippen LogP contribution in [-0.2, 0) is 11.2 Å². The standard InChI is InChI=1S/C14H12O2.C4H11NO/c15-14(16)10-11-6-8-13(9-7-11)12-4-2-1-3-5-12;1-5(2)3-4-6/h1-9H,10H2,(H,15,16);6H,3-4H2,1-2H3. The molecule has 22 heavy (non-hydrogen) atoms. The molecule has 118 valence electrons. The predicted molar refractivity (Wildman–Crippen MR) is 88.9 cm³/mol. The molecule has 0 aliphatic rings. The van der Waals surface area contributed by atoms with Gasteiger partial charge >= 0.3 is 5.97 Å². The monoisotopic (exact) mass is 301 g/mol. The van der Waals surface area contributed by atoms with Gasteiger partial charge in [-0.15, -0.1) is 0 Å². The molecule has 0 aliphatic carbocycles. The summed E-state index contributed by atoms with van der Waals surface area (Å²) in [4.78, 5) is 12.5. The molecular weight excluding hydrogens is 278 g/mol. The van der Waals surface area contributed by atoms with Crippen LogP contribution >= 0.6 is 0 Å². The number of nitrogens with zero attached hydrogens (tertiary/aromatic N) is 1. The molecule has 4 nitrogen and oxygen atoms in total. The quantitative estimate of drug-likeness (QED) is 0.891. The average molecular weight is 301 g/mol. The number of carbonyl (C=O) groups is 1. The van der Waals surface area contributed by atoms with Crippen LogP contribution in [0.4, 0.5) is 0 Å². The number of hydrogen-bond donors (Lipinski definition) is 2. The lowest BCUT2D eigenvalue weighted by Crippen LogP contribution is -2.15. The minimum Gasteiger partial charge on any atom is -0.481 e. The molecule has 2 aromatic carbocycles. The lowest BCUT2D eigenvalue weighted by Gasteiger charge is -2.03.